The second kappa shape index (κ2) is 5.78. The van der Waals surface area contributed by atoms with E-state index in [2.05, 4.69) is 5.32 Å². The van der Waals surface area contributed by atoms with E-state index in [1.54, 1.807) is 12.1 Å². The average Bonchev–Trinajstić information content (AvgIpc) is 2.77. The maximum Gasteiger partial charge on any atom is 0.126 e. The molecule has 1 saturated heterocycles. The highest BCUT2D eigenvalue weighted by Crippen LogP contribution is 2.17. The van der Waals surface area contributed by atoms with Crippen LogP contribution in [0.2, 0.25) is 0 Å². The van der Waals surface area contributed by atoms with E-state index >= 15 is 0 Å². The minimum atomic E-state index is -0.760. The van der Waals surface area contributed by atoms with Crippen molar-refractivity contribution in [3.63, 3.8) is 0 Å². The Morgan fingerprint density at radius 2 is 2.28 bits per heavy atom. The van der Waals surface area contributed by atoms with Gasteiger partial charge in [0.2, 0.25) is 0 Å². The zero-order valence-corrected chi connectivity index (χ0v) is 10.7. The van der Waals surface area contributed by atoms with E-state index in [9.17, 15) is 9.50 Å². The number of hydrogen-bond donors (Lipinski definition) is 2. The van der Waals surface area contributed by atoms with Gasteiger partial charge in [0.15, 0.2) is 0 Å². The fourth-order valence-corrected chi connectivity index (χ4v) is 2.17. The zero-order valence-electron chi connectivity index (χ0n) is 10.7. The summed E-state index contributed by atoms with van der Waals surface area (Å²) in [5, 5.41) is 13.3. The van der Waals surface area contributed by atoms with Crippen molar-refractivity contribution in [1.82, 2.24) is 5.32 Å². The van der Waals surface area contributed by atoms with Crippen LogP contribution in [-0.2, 0) is 11.2 Å². The van der Waals surface area contributed by atoms with Crippen molar-refractivity contribution in [2.24, 2.45) is 0 Å². The quantitative estimate of drug-likeness (QED) is 0.835. The molecule has 1 aliphatic rings. The van der Waals surface area contributed by atoms with E-state index < -0.39 is 5.60 Å². The molecule has 0 spiro atoms. The molecule has 3 nitrogen and oxygen atoms in total. The Kier molecular flexibility index (Phi) is 4.32. The lowest BCUT2D eigenvalue weighted by Crippen LogP contribution is -2.44. The van der Waals surface area contributed by atoms with Crippen LogP contribution in [0.25, 0.3) is 0 Å². The summed E-state index contributed by atoms with van der Waals surface area (Å²) in [6.07, 6.45) is 1.27. The second-order valence-electron chi connectivity index (χ2n) is 5.10. The Hall–Kier alpha value is -0.970. The lowest BCUT2D eigenvalue weighted by molar-refractivity contribution is 0.0252. The molecule has 0 radical (unpaired) electrons. The third kappa shape index (κ3) is 3.51. The molecule has 100 valence electrons. The summed E-state index contributed by atoms with van der Waals surface area (Å²) < 4.78 is 18.6. The molecule has 0 amide bonds. The molecular weight excluding hydrogens is 233 g/mol. The zero-order chi connectivity index (χ0) is 13.0. The molecular formula is C14H20FNO2. The summed E-state index contributed by atoms with van der Waals surface area (Å²) in [5.41, 5.74) is -0.0593. The van der Waals surface area contributed by atoms with Crippen molar-refractivity contribution in [1.29, 1.82) is 0 Å². The van der Waals surface area contributed by atoms with Crippen LogP contribution < -0.4 is 5.32 Å². The van der Waals surface area contributed by atoms with Crippen molar-refractivity contribution in [3.8, 4) is 0 Å². The number of nitrogens with one attached hydrogen (secondary N) is 1. The third-order valence-electron chi connectivity index (χ3n) is 3.35. The Morgan fingerprint density at radius 1 is 1.50 bits per heavy atom. The van der Waals surface area contributed by atoms with Gasteiger partial charge in [-0.15, -0.1) is 0 Å². The Morgan fingerprint density at radius 3 is 2.94 bits per heavy atom. The highest BCUT2D eigenvalue weighted by Gasteiger charge is 2.32. The number of rotatable bonds is 5. The van der Waals surface area contributed by atoms with Gasteiger partial charge in [-0.2, -0.15) is 0 Å². The van der Waals surface area contributed by atoms with Crippen LogP contribution in [-0.4, -0.2) is 36.5 Å². The molecule has 2 unspecified atom stereocenters. The highest BCUT2D eigenvalue weighted by molar-refractivity contribution is 5.18. The van der Waals surface area contributed by atoms with Crippen molar-refractivity contribution in [3.05, 3.63) is 35.6 Å². The van der Waals surface area contributed by atoms with E-state index in [4.69, 9.17) is 4.74 Å². The van der Waals surface area contributed by atoms with Gasteiger partial charge in [0.1, 0.15) is 11.4 Å². The van der Waals surface area contributed by atoms with E-state index in [0.717, 1.165) is 0 Å². The van der Waals surface area contributed by atoms with E-state index in [1.165, 1.54) is 6.07 Å². The smallest absolute Gasteiger partial charge is 0.126 e. The SMILES string of the molecule is CC(Cc1ccccc1F)NCC1(O)CCOC1. The van der Waals surface area contributed by atoms with Crippen molar-refractivity contribution < 1.29 is 14.2 Å². The standard InChI is InChI=1S/C14H20FNO2/c1-11(8-12-4-2-3-5-13(12)15)16-9-14(17)6-7-18-10-14/h2-5,11,16-17H,6-10H2,1H3. The summed E-state index contributed by atoms with van der Waals surface area (Å²) in [7, 11) is 0. The summed E-state index contributed by atoms with van der Waals surface area (Å²) in [4.78, 5) is 0. The monoisotopic (exact) mass is 253 g/mol. The van der Waals surface area contributed by atoms with Crippen molar-refractivity contribution in [2.45, 2.75) is 31.4 Å². The van der Waals surface area contributed by atoms with Crippen LogP contribution >= 0.6 is 0 Å². The molecule has 0 aromatic heterocycles. The van der Waals surface area contributed by atoms with Gasteiger partial charge in [0, 0.05) is 25.6 Å². The third-order valence-corrected chi connectivity index (χ3v) is 3.35. The summed E-state index contributed by atoms with van der Waals surface area (Å²) in [6.45, 7) is 3.47. The summed E-state index contributed by atoms with van der Waals surface area (Å²) >= 11 is 0. The molecule has 4 heteroatoms. The number of aliphatic hydroxyl groups is 1. The molecule has 1 aromatic rings. The van der Waals surface area contributed by atoms with Crippen LogP contribution in [0.15, 0.2) is 24.3 Å². The van der Waals surface area contributed by atoms with Gasteiger partial charge in [-0.05, 0) is 25.0 Å². The molecule has 0 aliphatic carbocycles. The fourth-order valence-electron chi connectivity index (χ4n) is 2.17. The van der Waals surface area contributed by atoms with Crippen LogP contribution in [0.4, 0.5) is 4.39 Å². The Bertz CT molecular complexity index is 391. The molecule has 1 aliphatic heterocycles. The molecule has 18 heavy (non-hydrogen) atoms. The maximum atomic E-state index is 13.5. The number of benzene rings is 1. The van der Waals surface area contributed by atoms with E-state index in [1.807, 2.05) is 13.0 Å². The van der Waals surface area contributed by atoms with Gasteiger partial charge in [-0.3, -0.25) is 0 Å². The number of ether oxygens (including phenoxy) is 1. The van der Waals surface area contributed by atoms with E-state index in [0.29, 0.717) is 38.2 Å². The molecule has 1 fully saturated rings. The highest BCUT2D eigenvalue weighted by atomic mass is 19.1. The summed E-state index contributed by atoms with van der Waals surface area (Å²) in [6, 6.07) is 6.91. The second-order valence-corrected chi connectivity index (χ2v) is 5.10. The summed E-state index contributed by atoms with van der Waals surface area (Å²) in [5.74, 6) is -0.172. The lowest BCUT2D eigenvalue weighted by atomic mass is 10.0. The molecule has 2 N–H and O–H groups in total. The van der Waals surface area contributed by atoms with Crippen molar-refractivity contribution >= 4 is 0 Å². The van der Waals surface area contributed by atoms with Crippen LogP contribution in [0.3, 0.4) is 0 Å². The maximum absolute atomic E-state index is 13.5. The Labute approximate surface area is 107 Å². The molecule has 0 bridgehead atoms. The van der Waals surface area contributed by atoms with E-state index in [-0.39, 0.29) is 11.9 Å². The molecule has 2 atom stereocenters. The van der Waals surface area contributed by atoms with Gasteiger partial charge in [-0.25, -0.2) is 4.39 Å². The first kappa shape index (κ1) is 13.5. The van der Waals surface area contributed by atoms with Gasteiger partial charge in [-0.1, -0.05) is 18.2 Å². The molecule has 1 heterocycles. The first-order valence-electron chi connectivity index (χ1n) is 6.36. The van der Waals surface area contributed by atoms with Gasteiger partial charge < -0.3 is 15.2 Å². The average molecular weight is 253 g/mol. The van der Waals surface area contributed by atoms with Gasteiger partial charge in [0.25, 0.3) is 0 Å². The lowest BCUT2D eigenvalue weighted by Gasteiger charge is -2.24. The molecule has 0 saturated carbocycles. The predicted octanol–water partition coefficient (Wildman–Crippen LogP) is 1.50. The van der Waals surface area contributed by atoms with Crippen LogP contribution in [0.1, 0.15) is 18.9 Å². The normalized spacial score (nSPS) is 25.3. The largest absolute Gasteiger partial charge is 0.386 e. The molecule has 2 rings (SSSR count). The van der Waals surface area contributed by atoms with Crippen LogP contribution in [0.5, 0.6) is 0 Å². The first-order valence-corrected chi connectivity index (χ1v) is 6.36. The van der Waals surface area contributed by atoms with Crippen molar-refractivity contribution in [2.75, 3.05) is 19.8 Å². The van der Waals surface area contributed by atoms with Crippen LogP contribution in [0, 0.1) is 5.82 Å². The predicted molar refractivity (Wildman–Crippen MR) is 68.0 cm³/mol. The topological polar surface area (TPSA) is 41.5 Å². The Balaban J connectivity index is 1.82. The van der Waals surface area contributed by atoms with Gasteiger partial charge in [0.05, 0.1) is 6.61 Å². The minimum Gasteiger partial charge on any atom is -0.386 e. The van der Waals surface area contributed by atoms with Gasteiger partial charge >= 0.3 is 0 Å². The molecule has 1 aromatic carbocycles. The minimum absolute atomic E-state index is 0.117. The fraction of sp³-hybridized carbons (Fsp3) is 0.571. The number of halogens is 1. The number of hydrogen-bond acceptors (Lipinski definition) is 3. The first-order chi connectivity index (χ1) is 8.59.